The fourth-order valence-electron chi connectivity index (χ4n) is 5.54. The Bertz CT molecular complexity index is 1320. The molecule has 6 nitrogen and oxygen atoms in total. The van der Waals surface area contributed by atoms with Gasteiger partial charge in [-0.05, 0) is 69.4 Å². The number of fused-ring (bicyclic) bond motifs is 1. The number of nitrogens with zero attached hydrogens (tertiary/aromatic N) is 5. The van der Waals surface area contributed by atoms with Crippen LogP contribution in [-0.4, -0.2) is 46.0 Å². The van der Waals surface area contributed by atoms with Crippen molar-refractivity contribution in [2.24, 2.45) is 0 Å². The summed E-state index contributed by atoms with van der Waals surface area (Å²) in [5.74, 6) is 0.809. The first kappa shape index (κ1) is 26.3. The summed E-state index contributed by atoms with van der Waals surface area (Å²) in [5, 5.41) is 19.4. The van der Waals surface area contributed by atoms with E-state index in [1.54, 1.807) is 12.1 Å². The minimum atomic E-state index is -4.61. The lowest BCUT2D eigenvalue weighted by atomic mass is 9.94. The highest BCUT2D eigenvalue weighted by atomic mass is 19.4. The van der Waals surface area contributed by atoms with Gasteiger partial charge in [0.15, 0.2) is 5.82 Å². The highest BCUT2D eigenvalue weighted by Gasteiger charge is 2.39. The molecule has 1 aliphatic heterocycles. The average molecular weight is 530 g/mol. The fraction of sp³-hybridized carbons (Fsp3) is 0.464. The summed E-state index contributed by atoms with van der Waals surface area (Å²) in [5.41, 5.74) is 1.50. The molecule has 2 aliphatic rings. The van der Waals surface area contributed by atoms with Crippen molar-refractivity contribution in [3.63, 3.8) is 0 Å². The third-order valence-corrected chi connectivity index (χ3v) is 7.46. The van der Waals surface area contributed by atoms with Gasteiger partial charge < -0.3 is 14.9 Å². The van der Waals surface area contributed by atoms with E-state index >= 15 is 0 Å². The van der Waals surface area contributed by atoms with Crippen LogP contribution in [0.2, 0.25) is 0 Å². The molecule has 0 spiro atoms. The highest BCUT2D eigenvalue weighted by molar-refractivity contribution is 5.56. The van der Waals surface area contributed by atoms with Gasteiger partial charge in [0.1, 0.15) is 11.6 Å². The molecule has 202 valence electrons. The summed E-state index contributed by atoms with van der Waals surface area (Å²) < 4.78 is 54.8. The lowest BCUT2D eigenvalue weighted by molar-refractivity contribution is -0.140. The third kappa shape index (κ3) is 5.18. The molecule has 5 rings (SSSR count). The topological polar surface area (TPSA) is 65.4 Å². The Labute approximate surface area is 219 Å². The first-order valence-electron chi connectivity index (χ1n) is 12.8. The molecule has 1 aromatic carbocycles. The number of aromatic nitrogens is 3. The van der Waals surface area contributed by atoms with Gasteiger partial charge >= 0.3 is 6.18 Å². The standard InChI is InChI=1S/C28H31F4N5O/c1-17-16-36(11-12-37(17)25-14-22(28(30,31)32)23(15-33-25)27(2,3)38)26-21-6-4-5-20(21)24(34-35-26)13-18-7-9-19(29)10-8-18/h7-10,14-15,17,38H,4-6,11-13,16H2,1-3H3/t17-/m1/s1. The van der Waals surface area contributed by atoms with Crippen LogP contribution in [0.4, 0.5) is 29.2 Å². The predicted octanol–water partition coefficient (Wildman–Crippen LogP) is 5.05. The number of rotatable bonds is 5. The van der Waals surface area contributed by atoms with Crippen LogP contribution in [-0.2, 0) is 31.0 Å². The molecule has 1 atom stereocenters. The van der Waals surface area contributed by atoms with E-state index in [1.807, 2.05) is 11.8 Å². The Morgan fingerprint density at radius 3 is 2.37 bits per heavy atom. The molecule has 38 heavy (non-hydrogen) atoms. The average Bonchev–Trinajstić information content (AvgIpc) is 3.35. The number of piperazine rings is 1. The van der Waals surface area contributed by atoms with Crippen molar-refractivity contribution in [3.05, 3.63) is 75.9 Å². The van der Waals surface area contributed by atoms with Crippen molar-refractivity contribution in [2.45, 2.75) is 64.3 Å². The number of hydrogen-bond donors (Lipinski definition) is 1. The summed E-state index contributed by atoms with van der Waals surface area (Å²) in [6.45, 7) is 6.21. The smallest absolute Gasteiger partial charge is 0.386 e. The summed E-state index contributed by atoms with van der Waals surface area (Å²) in [4.78, 5) is 8.34. The molecular formula is C28H31F4N5O. The van der Waals surface area contributed by atoms with Gasteiger partial charge in [-0.3, -0.25) is 0 Å². The molecule has 0 unspecified atom stereocenters. The maximum Gasteiger partial charge on any atom is 0.416 e. The molecule has 0 amide bonds. The van der Waals surface area contributed by atoms with Crippen LogP contribution in [0.1, 0.15) is 60.7 Å². The molecule has 3 heterocycles. The molecule has 1 saturated heterocycles. The van der Waals surface area contributed by atoms with Crippen molar-refractivity contribution in [1.29, 1.82) is 0 Å². The van der Waals surface area contributed by atoms with Gasteiger partial charge in [-0.25, -0.2) is 9.37 Å². The van der Waals surface area contributed by atoms with Gasteiger partial charge in [-0.15, -0.1) is 5.10 Å². The molecule has 1 N–H and O–H groups in total. The fourth-order valence-corrected chi connectivity index (χ4v) is 5.54. The lowest BCUT2D eigenvalue weighted by Gasteiger charge is -2.41. The predicted molar refractivity (Wildman–Crippen MR) is 137 cm³/mol. The lowest BCUT2D eigenvalue weighted by Crippen LogP contribution is -2.53. The zero-order valence-corrected chi connectivity index (χ0v) is 21.7. The first-order valence-corrected chi connectivity index (χ1v) is 12.8. The normalized spacial score (nSPS) is 18.2. The maximum atomic E-state index is 13.8. The van der Waals surface area contributed by atoms with E-state index in [2.05, 4.69) is 20.1 Å². The zero-order chi connectivity index (χ0) is 27.2. The number of anilines is 2. The van der Waals surface area contributed by atoms with Crippen LogP contribution in [0.3, 0.4) is 0 Å². The van der Waals surface area contributed by atoms with Crippen LogP contribution in [0.25, 0.3) is 0 Å². The Kier molecular flexibility index (Phi) is 6.79. The number of benzene rings is 1. The van der Waals surface area contributed by atoms with Gasteiger partial charge in [0, 0.05) is 49.4 Å². The van der Waals surface area contributed by atoms with E-state index in [9.17, 15) is 22.7 Å². The number of halogens is 4. The Morgan fingerprint density at radius 1 is 1.00 bits per heavy atom. The van der Waals surface area contributed by atoms with Crippen LogP contribution in [0, 0.1) is 5.82 Å². The Morgan fingerprint density at radius 2 is 1.71 bits per heavy atom. The van der Waals surface area contributed by atoms with Crippen molar-refractivity contribution >= 4 is 11.6 Å². The van der Waals surface area contributed by atoms with E-state index in [-0.39, 0.29) is 23.2 Å². The van der Waals surface area contributed by atoms with Gasteiger partial charge in [-0.2, -0.15) is 18.3 Å². The molecule has 0 saturated carbocycles. The van der Waals surface area contributed by atoms with Gasteiger partial charge in [0.05, 0.1) is 16.9 Å². The van der Waals surface area contributed by atoms with Crippen LogP contribution < -0.4 is 9.80 Å². The summed E-state index contributed by atoms with van der Waals surface area (Å²) >= 11 is 0. The van der Waals surface area contributed by atoms with Crippen molar-refractivity contribution in [3.8, 4) is 0 Å². The van der Waals surface area contributed by atoms with Crippen molar-refractivity contribution in [2.75, 3.05) is 29.4 Å². The summed E-state index contributed by atoms with van der Waals surface area (Å²) in [6, 6.07) is 7.34. The second-order valence-corrected chi connectivity index (χ2v) is 10.7. The van der Waals surface area contributed by atoms with Gasteiger partial charge in [0.2, 0.25) is 0 Å². The van der Waals surface area contributed by atoms with E-state index in [0.29, 0.717) is 26.1 Å². The van der Waals surface area contributed by atoms with E-state index in [1.165, 1.54) is 37.1 Å². The monoisotopic (exact) mass is 529 g/mol. The van der Waals surface area contributed by atoms with Crippen molar-refractivity contribution in [1.82, 2.24) is 15.2 Å². The molecule has 0 bridgehead atoms. The molecule has 1 fully saturated rings. The summed E-state index contributed by atoms with van der Waals surface area (Å²) in [6.07, 6.45) is -0.0473. The first-order chi connectivity index (χ1) is 17.9. The van der Waals surface area contributed by atoms with Crippen LogP contribution in [0.15, 0.2) is 36.5 Å². The van der Waals surface area contributed by atoms with E-state index in [4.69, 9.17) is 0 Å². The minimum Gasteiger partial charge on any atom is -0.386 e. The largest absolute Gasteiger partial charge is 0.416 e. The number of hydrogen-bond acceptors (Lipinski definition) is 6. The molecule has 1 aliphatic carbocycles. The van der Waals surface area contributed by atoms with E-state index < -0.39 is 17.3 Å². The minimum absolute atomic E-state index is 0.122. The van der Waals surface area contributed by atoms with Gasteiger partial charge in [-0.1, -0.05) is 12.1 Å². The number of alkyl halides is 3. The molecule has 3 aromatic rings. The number of pyridine rings is 1. The molecule has 10 heteroatoms. The zero-order valence-electron chi connectivity index (χ0n) is 21.7. The van der Waals surface area contributed by atoms with Crippen LogP contribution in [0.5, 0.6) is 0 Å². The van der Waals surface area contributed by atoms with E-state index in [0.717, 1.165) is 48.6 Å². The maximum absolute atomic E-state index is 13.8. The quantitative estimate of drug-likeness (QED) is 0.467. The molecule has 0 radical (unpaired) electrons. The second-order valence-electron chi connectivity index (χ2n) is 10.7. The Balaban J connectivity index is 1.37. The SMILES string of the molecule is C[C@@H]1CN(c2nnc(Cc3ccc(F)cc3)c3c2CCC3)CCN1c1cc(C(F)(F)F)c(C(C)(C)O)cn1. The molecule has 2 aromatic heterocycles. The summed E-state index contributed by atoms with van der Waals surface area (Å²) in [7, 11) is 0. The third-order valence-electron chi connectivity index (χ3n) is 7.46. The molecular weight excluding hydrogens is 498 g/mol. The highest BCUT2D eigenvalue weighted by Crippen LogP contribution is 2.39. The van der Waals surface area contributed by atoms with Crippen molar-refractivity contribution < 1.29 is 22.7 Å². The van der Waals surface area contributed by atoms with Crippen LogP contribution >= 0.6 is 0 Å². The Hall–Kier alpha value is -3.27. The second kappa shape index (κ2) is 9.80. The van der Waals surface area contributed by atoms with Gasteiger partial charge in [0.25, 0.3) is 0 Å². The number of aliphatic hydroxyl groups is 1.